The molecular formula is C21H24N2O3S2. The van der Waals surface area contributed by atoms with E-state index >= 15 is 0 Å². The first-order chi connectivity index (χ1) is 13.5. The Morgan fingerprint density at radius 3 is 2.75 bits per heavy atom. The molecule has 0 aromatic carbocycles. The summed E-state index contributed by atoms with van der Waals surface area (Å²) in [6.07, 6.45) is 4.61. The average Bonchev–Trinajstić information content (AvgIpc) is 3.40. The molecule has 0 unspecified atom stereocenters. The largest absolute Gasteiger partial charge is 0.462 e. The van der Waals surface area contributed by atoms with E-state index in [1.165, 1.54) is 24.2 Å². The molecule has 0 radical (unpaired) electrons. The molecule has 1 fully saturated rings. The number of nitrogens with one attached hydrogen (secondary N) is 1. The third-order valence-electron chi connectivity index (χ3n) is 5.47. The van der Waals surface area contributed by atoms with Crippen LogP contribution in [0.25, 0.3) is 10.2 Å². The maximum atomic E-state index is 13.2. The molecule has 0 atom stereocenters. The number of carbonyl (C=O) groups is 2. The van der Waals surface area contributed by atoms with Gasteiger partial charge in [0.05, 0.1) is 22.4 Å². The van der Waals surface area contributed by atoms with Gasteiger partial charge in [0.15, 0.2) is 0 Å². The van der Waals surface area contributed by atoms with Crippen LogP contribution in [0.5, 0.6) is 0 Å². The summed E-state index contributed by atoms with van der Waals surface area (Å²) in [5.41, 5.74) is 3.14. The van der Waals surface area contributed by atoms with Crippen LogP contribution in [0.2, 0.25) is 0 Å². The Labute approximate surface area is 172 Å². The molecule has 1 saturated carbocycles. The van der Waals surface area contributed by atoms with E-state index in [2.05, 4.69) is 21.3 Å². The van der Waals surface area contributed by atoms with Crippen molar-refractivity contribution in [2.45, 2.75) is 52.5 Å². The summed E-state index contributed by atoms with van der Waals surface area (Å²) in [4.78, 5) is 26.7. The minimum atomic E-state index is -0.383. The highest BCUT2D eigenvalue weighted by atomic mass is 32.1. The quantitative estimate of drug-likeness (QED) is 0.525. The molecule has 0 bridgehead atoms. The highest BCUT2D eigenvalue weighted by Gasteiger charge is 2.27. The highest BCUT2D eigenvalue weighted by Crippen LogP contribution is 2.38. The molecule has 1 amide bonds. The lowest BCUT2D eigenvalue weighted by Gasteiger charge is -2.17. The molecule has 5 nitrogen and oxygen atoms in total. The SMILES string of the molecule is CCOC(=O)c1c(NC(=O)c2cc3sccc3n2C2CCCC2)sc(C)c1C. The second kappa shape index (κ2) is 7.72. The molecule has 1 aliphatic rings. The molecular weight excluding hydrogens is 392 g/mol. The number of esters is 1. The van der Waals surface area contributed by atoms with Crippen molar-refractivity contribution in [1.82, 2.24) is 4.57 Å². The number of aromatic nitrogens is 1. The standard InChI is InChI=1S/C21H24N2O3S2/c1-4-26-21(25)18-12(2)13(3)28-20(18)22-19(24)16-11-17-15(9-10-27-17)23(16)14-7-5-6-8-14/h9-11,14H,4-8H2,1-3H3,(H,22,24). The summed E-state index contributed by atoms with van der Waals surface area (Å²) in [5, 5.41) is 5.65. The van der Waals surface area contributed by atoms with Crippen LogP contribution in [0.15, 0.2) is 17.5 Å². The molecule has 0 saturated heterocycles. The molecule has 1 N–H and O–H groups in total. The van der Waals surface area contributed by atoms with Crippen molar-refractivity contribution in [2.24, 2.45) is 0 Å². The third-order valence-corrected chi connectivity index (χ3v) is 7.45. The number of anilines is 1. The van der Waals surface area contributed by atoms with Crippen molar-refractivity contribution in [1.29, 1.82) is 0 Å². The molecule has 4 rings (SSSR count). The van der Waals surface area contributed by atoms with Crippen molar-refractivity contribution in [3.8, 4) is 0 Å². The maximum absolute atomic E-state index is 13.2. The number of amides is 1. The lowest BCUT2D eigenvalue weighted by atomic mass is 10.1. The first kappa shape index (κ1) is 19.2. The van der Waals surface area contributed by atoms with E-state index in [1.54, 1.807) is 18.3 Å². The van der Waals surface area contributed by atoms with E-state index in [4.69, 9.17) is 4.74 Å². The van der Waals surface area contributed by atoms with E-state index in [1.807, 2.05) is 19.9 Å². The topological polar surface area (TPSA) is 60.3 Å². The van der Waals surface area contributed by atoms with Crippen molar-refractivity contribution >= 4 is 49.8 Å². The van der Waals surface area contributed by atoms with Crippen molar-refractivity contribution < 1.29 is 14.3 Å². The van der Waals surface area contributed by atoms with Crippen LogP contribution < -0.4 is 5.32 Å². The fourth-order valence-electron chi connectivity index (χ4n) is 4.01. The van der Waals surface area contributed by atoms with Crippen LogP contribution >= 0.6 is 22.7 Å². The number of fused-ring (bicyclic) bond motifs is 1. The first-order valence-corrected chi connectivity index (χ1v) is 11.4. The Bertz CT molecular complexity index is 1040. The normalized spacial score (nSPS) is 14.7. The summed E-state index contributed by atoms with van der Waals surface area (Å²) in [5.74, 6) is -0.547. The number of carbonyl (C=O) groups excluding carboxylic acids is 2. The molecule has 148 valence electrons. The number of ether oxygens (including phenoxy) is 1. The van der Waals surface area contributed by atoms with E-state index in [9.17, 15) is 9.59 Å². The molecule has 1 aliphatic carbocycles. The molecule has 7 heteroatoms. The Morgan fingerprint density at radius 2 is 2.04 bits per heavy atom. The lowest BCUT2D eigenvalue weighted by molar-refractivity contribution is 0.0527. The molecule has 3 aromatic heterocycles. The van der Waals surface area contributed by atoms with E-state index in [-0.39, 0.29) is 11.9 Å². The zero-order chi connectivity index (χ0) is 19.8. The monoisotopic (exact) mass is 416 g/mol. The minimum Gasteiger partial charge on any atom is -0.462 e. The van der Waals surface area contributed by atoms with Gasteiger partial charge in [0, 0.05) is 10.9 Å². The minimum absolute atomic E-state index is 0.165. The zero-order valence-electron chi connectivity index (χ0n) is 16.3. The van der Waals surface area contributed by atoms with Gasteiger partial charge in [-0.15, -0.1) is 22.7 Å². The summed E-state index contributed by atoms with van der Waals surface area (Å²) in [6, 6.07) is 4.44. The number of nitrogens with zero attached hydrogens (tertiary/aromatic N) is 1. The van der Waals surface area contributed by atoms with Gasteiger partial charge in [0.25, 0.3) is 5.91 Å². The van der Waals surface area contributed by atoms with Gasteiger partial charge in [0.1, 0.15) is 10.7 Å². The molecule has 28 heavy (non-hydrogen) atoms. The van der Waals surface area contributed by atoms with E-state index in [0.717, 1.165) is 33.5 Å². The number of hydrogen-bond acceptors (Lipinski definition) is 5. The molecule has 0 aliphatic heterocycles. The number of aryl methyl sites for hydroxylation is 1. The molecule has 0 spiro atoms. The second-order valence-electron chi connectivity index (χ2n) is 7.17. The Hall–Kier alpha value is -2.12. The predicted molar refractivity (Wildman–Crippen MR) is 115 cm³/mol. The zero-order valence-corrected chi connectivity index (χ0v) is 18.0. The predicted octanol–water partition coefficient (Wildman–Crippen LogP) is 5.93. The highest BCUT2D eigenvalue weighted by molar-refractivity contribution is 7.17. The van der Waals surface area contributed by atoms with Crippen LogP contribution in [0.3, 0.4) is 0 Å². The van der Waals surface area contributed by atoms with Gasteiger partial charge in [-0.1, -0.05) is 12.8 Å². The van der Waals surface area contributed by atoms with Crippen LogP contribution in [0.4, 0.5) is 5.00 Å². The van der Waals surface area contributed by atoms with Crippen LogP contribution in [-0.2, 0) is 4.74 Å². The fourth-order valence-corrected chi connectivity index (χ4v) is 5.86. The van der Waals surface area contributed by atoms with Gasteiger partial charge in [-0.2, -0.15) is 0 Å². The molecule has 3 heterocycles. The summed E-state index contributed by atoms with van der Waals surface area (Å²) in [6.45, 7) is 5.94. The number of hydrogen-bond donors (Lipinski definition) is 1. The van der Waals surface area contributed by atoms with Gasteiger partial charge < -0.3 is 14.6 Å². The van der Waals surface area contributed by atoms with Gasteiger partial charge >= 0.3 is 5.97 Å². The molecule has 3 aromatic rings. The van der Waals surface area contributed by atoms with Gasteiger partial charge in [-0.3, -0.25) is 4.79 Å². The number of thiophene rings is 2. The number of rotatable bonds is 5. The Morgan fingerprint density at radius 1 is 1.29 bits per heavy atom. The van der Waals surface area contributed by atoms with Crippen molar-refractivity contribution in [2.75, 3.05) is 11.9 Å². The van der Waals surface area contributed by atoms with Gasteiger partial charge in [-0.05, 0) is 56.7 Å². The van der Waals surface area contributed by atoms with Crippen LogP contribution in [0.1, 0.15) is 69.9 Å². The Balaban J connectivity index is 1.70. The van der Waals surface area contributed by atoms with Crippen molar-refractivity contribution in [3.05, 3.63) is 39.2 Å². The fraction of sp³-hybridized carbons (Fsp3) is 0.429. The van der Waals surface area contributed by atoms with Crippen LogP contribution in [-0.4, -0.2) is 23.1 Å². The second-order valence-corrected chi connectivity index (χ2v) is 9.34. The van der Waals surface area contributed by atoms with Crippen molar-refractivity contribution in [3.63, 3.8) is 0 Å². The maximum Gasteiger partial charge on any atom is 0.341 e. The van der Waals surface area contributed by atoms with Crippen LogP contribution in [0, 0.1) is 13.8 Å². The average molecular weight is 417 g/mol. The summed E-state index contributed by atoms with van der Waals surface area (Å²) in [7, 11) is 0. The summed E-state index contributed by atoms with van der Waals surface area (Å²) < 4.78 is 8.53. The van der Waals surface area contributed by atoms with Gasteiger partial charge in [-0.25, -0.2) is 4.79 Å². The smallest absolute Gasteiger partial charge is 0.341 e. The third kappa shape index (κ3) is 3.26. The first-order valence-electron chi connectivity index (χ1n) is 9.68. The lowest BCUT2D eigenvalue weighted by Crippen LogP contribution is -2.20. The van der Waals surface area contributed by atoms with E-state index < -0.39 is 0 Å². The van der Waals surface area contributed by atoms with E-state index in [0.29, 0.717) is 28.9 Å². The summed E-state index contributed by atoms with van der Waals surface area (Å²) >= 11 is 3.08. The van der Waals surface area contributed by atoms with Gasteiger partial charge in [0.2, 0.25) is 0 Å². The Kier molecular flexibility index (Phi) is 5.29.